The average molecular weight is 523 g/mol. The van der Waals surface area contributed by atoms with Gasteiger partial charge in [-0.25, -0.2) is 9.18 Å². The molecule has 0 aliphatic rings. The van der Waals surface area contributed by atoms with Crippen molar-refractivity contribution in [3.05, 3.63) is 86.6 Å². The van der Waals surface area contributed by atoms with Crippen molar-refractivity contribution in [3.8, 4) is 17.2 Å². The van der Waals surface area contributed by atoms with Gasteiger partial charge in [-0.1, -0.05) is 12.1 Å². The van der Waals surface area contributed by atoms with E-state index < -0.39 is 24.7 Å². The van der Waals surface area contributed by atoms with Gasteiger partial charge in [0.25, 0.3) is 0 Å². The SMILES string of the molecule is Cc1cc(CP(C)(=O)O)cc(Br)c1Oc1ccc(O)c(Cc2ccc(F)c(C(=O)O)c2)c1. The van der Waals surface area contributed by atoms with E-state index in [9.17, 15) is 23.7 Å². The normalized spacial score (nSPS) is 12.9. The summed E-state index contributed by atoms with van der Waals surface area (Å²) in [6.45, 7) is 3.12. The highest BCUT2D eigenvalue weighted by Crippen LogP contribution is 2.42. The Balaban J connectivity index is 1.88. The molecule has 3 aromatic rings. The van der Waals surface area contributed by atoms with Crippen molar-refractivity contribution >= 4 is 29.3 Å². The molecule has 0 aromatic heterocycles. The number of phenolic OH excluding ortho intramolecular Hbond substituents is 1. The molecule has 6 nitrogen and oxygen atoms in total. The third-order valence-corrected chi connectivity index (χ3v) is 6.23. The lowest BCUT2D eigenvalue weighted by atomic mass is 10.0. The van der Waals surface area contributed by atoms with Crippen LogP contribution >= 0.6 is 23.3 Å². The lowest BCUT2D eigenvalue weighted by molar-refractivity contribution is 0.0691. The van der Waals surface area contributed by atoms with Crippen LogP contribution in [0.5, 0.6) is 17.2 Å². The number of carboxylic acids is 1. The van der Waals surface area contributed by atoms with Crippen molar-refractivity contribution in [1.29, 1.82) is 0 Å². The maximum atomic E-state index is 13.7. The van der Waals surface area contributed by atoms with Gasteiger partial charge in [-0.05, 0) is 75.9 Å². The van der Waals surface area contributed by atoms with Crippen LogP contribution in [0.4, 0.5) is 4.39 Å². The summed E-state index contributed by atoms with van der Waals surface area (Å²) in [4.78, 5) is 20.8. The van der Waals surface area contributed by atoms with Gasteiger partial charge < -0.3 is 19.8 Å². The van der Waals surface area contributed by atoms with E-state index in [-0.39, 0.29) is 18.3 Å². The van der Waals surface area contributed by atoms with Crippen LogP contribution in [0.25, 0.3) is 0 Å². The second kappa shape index (κ2) is 9.45. The van der Waals surface area contributed by atoms with Gasteiger partial charge in [0.2, 0.25) is 7.37 Å². The molecule has 1 atom stereocenters. The zero-order valence-corrected chi connectivity index (χ0v) is 19.8. The Morgan fingerprint density at radius 3 is 2.47 bits per heavy atom. The molecule has 3 N–H and O–H groups in total. The molecule has 3 rings (SSSR count). The van der Waals surface area contributed by atoms with Crippen molar-refractivity contribution in [2.75, 3.05) is 6.66 Å². The van der Waals surface area contributed by atoms with E-state index in [1.807, 2.05) is 6.92 Å². The molecule has 9 heteroatoms. The van der Waals surface area contributed by atoms with Crippen LogP contribution in [0.1, 0.15) is 32.6 Å². The zero-order valence-electron chi connectivity index (χ0n) is 17.3. The lowest BCUT2D eigenvalue weighted by Crippen LogP contribution is -2.02. The fourth-order valence-corrected chi connectivity index (χ4v) is 4.86. The summed E-state index contributed by atoms with van der Waals surface area (Å²) in [6, 6.07) is 11.9. The Hall–Kier alpha value is -2.67. The van der Waals surface area contributed by atoms with E-state index in [4.69, 9.17) is 9.84 Å². The molecule has 0 saturated carbocycles. The monoisotopic (exact) mass is 522 g/mol. The first-order valence-electron chi connectivity index (χ1n) is 9.52. The van der Waals surface area contributed by atoms with E-state index in [0.717, 1.165) is 11.6 Å². The van der Waals surface area contributed by atoms with Crippen LogP contribution in [0.3, 0.4) is 0 Å². The first kappa shape index (κ1) is 24.0. The molecular formula is C23H21BrFO6P. The Morgan fingerprint density at radius 1 is 1.12 bits per heavy atom. The van der Waals surface area contributed by atoms with E-state index in [2.05, 4.69) is 15.9 Å². The minimum Gasteiger partial charge on any atom is -0.508 e. The van der Waals surface area contributed by atoms with Gasteiger partial charge in [0.05, 0.1) is 10.0 Å². The van der Waals surface area contributed by atoms with Crippen LogP contribution in [0.15, 0.2) is 53.0 Å². The van der Waals surface area contributed by atoms with E-state index in [1.165, 1.54) is 24.9 Å². The lowest BCUT2D eigenvalue weighted by Gasteiger charge is -2.15. The minimum atomic E-state index is -3.22. The van der Waals surface area contributed by atoms with Crippen molar-refractivity contribution in [1.82, 2.24) is 0 Å². The topological polar surface area (TPSA) is 104 Å². The number of carboxylic acid groups (broad SMARTS) is 1. The van der Waals surface area contributed by atoms with E-state index in [0.29, 0.717) is 32.7 Å². The molecule has 1 unspecified atom stereocenters. The Labute approximate surface area is 192 Å². The van der Waals surface area contributed by atoms with Crippen molar-refractivity contribution < 1.29 is 33.6 Å². The summed E-state index contributed by atoms with van der Waals surface area (Å²) in [5, 5.41) is 19.4. The highest BCUT2D eigenvalue weighted by molar-refractivity contribution is 9.10. The Bertz CT molecular complexity index is 1210. The molecule has 32 heavy (non-hydrogen) atoms. The predicted molar refractivity (Wildman–Crippen MR) is 123 cm³/mol. The number of aryl methyl sites for hydroxylation is 1. The summed E-state index contributed by atoms with van der Waals surface area (Å²) < 4.78 is 32.0. The summed E-state index contributed by atoms with van der Waals surface area (Å²) in [5.74, 6) is -1.25. The smallest absolute Gasteiger partial charge is 0.338 e. The quantitative estimate of drug-likeness (QED) is 0.324. The van der Waals surface area contributed by atoms with Gasteiger partial charge in [-0.3, -0.25) is 4.57 Å². The molecular weight excluding hydrogens is 502 g/mol. The summed E-state index contributed by atoms with van der Waals surface area (Å²) in [5.41, 5.74) is 2.01. The highest BCUT2D eigenvalue weighted by atomic mass is 79.9. The third kappa shape index (κ3) is 5.97. The van der Waals surface area contributed by atoms with Crippen molar-refractivity contribution in [3.63, 3.8) is 0 Å². The molecule has 0 spiro atoms. The number of rotatable bonds is 7. The van der Waals surface area contributed by atoms with E-state index >= 15 is 0 Å². The fourth-order valence-electron chi connectivity index (χ4n) is 3.31. The number of hydrogen-bond donors (Lipinski definition) is 3. The van der Waals surface area contributed by atoms with Gasteiger partial charge in [0, 0.05) is 24.8 Å². The van der Waals surface area contributed by atoms with Crippen LogP contribution in [-0.2, 0) is 17.1 Å². The molecule has 0 heterocycles. The minimum absolute atomic E-state index is 0.00803. The third-order valence-electron chi connectivity index (χ3n) is 4.69. The zero-order chi connectivity index (χ0) is 23.6. The second-order valence-corrected chi connectivity index (χ2v) is 10.9. The first-order chi connectivity index (χ1) is 14.9. The molecule has 0 aliphatic heterocycles. The number of ether oxygens (including phenoxy) is 1. The molecule has 0 saturated heterocycles. The van der Waals surface area contributed by atoms with Gasteiger partial charge in [0.15, 0.2) is 0 Å². The maximum absolute atomic E-state index is 13.7. The number of aromatic hydroxyl groups is 1. The van der Waals surface area contributed by atoms with Gasteiger partial charge >= 0.3 is 5.97 Å². The molecule has 3 aromatic carbocycles. The van der Waals surface area contributed by atoms with Crippen LogP contribution in [-0.4, -0.2) is 27.7 Å². The second-order valence-electron chi connectivity index (χ2n) is 7.62. The Kier molecular flexibility index (Phi) is 7.08. The number of carbonyl (C=O) groups is 1. The Morgan fingerprint density at radius 2 is 1.84 bits per heavy atom. The predicted octanol–water partition coefficient (Wildman–Crippen LogP) is 6.08. The molecule has 0 fully saturated rings. The van der Waals surface area contributed by atoms with Crippen molar-refractivity contribution in [2.45, 2.75) is 19.5 Å². The molecule has 0 bridgehead atoms. The molecule has 0 aliphatic carbocycles. The largest absolute Gasteiger partial charge is 0.508 e. The first-order valence-corrected chi connectivity index (χ1v) is 12.6. The number of benzene rings is 3. The summed E-state index contributed by atoms with van der Waals surface area (Å²) in [7, 11) is -3.22. The number of phenols is 1. The summed E-state index contributed by atoms with van der Waals surface area (Å²) >= 11 is 3.44. The standard InChI is InChI=1S/C23H21BrFO6P/c1-13-7-15(12-32(2,29)30)10-19(24)22(13)31-17-4-6-21(26)16(11-17)8-14-3-5-20(25)18(9-14)23(27)28/h3-7,9-11,26H,8,12H2,1-2H3,(H,27,28)(H,29,30). The summed E-state index contributed by atoms with van der Waals surface area (Å²) in [6.07, 6.45) is 0.219. The molecule has 0 radical (unpaired) electrons. The van der Waals surface area contributed by atoms with Gasteiger partial charge in [-0.2, -0.15) is 0 Å². The number of aromatic carboxylic acids is 1. The fraction of sp³-hybridized carbons (Fsp3) is 0.174. The van der Waals surface area contributed by atoms with Crippen molar-refractivity contribution in [2.24, 2.45) is 0 Å². The van der Waals surface area contributed by atoms with Gasteiger partial charge in [0.1, 0.15) is 23.1 Å². The van der Waals surface area contributed by atoms with Crippen LogP contribution in [0, 0.1) is 12.7 Å². The van der Waals surface area contributed by atoms with Gasteiger partial charge in [-0.15, -0.1) is 0 Å². The average Bonchev–Trinajstić information content (AvgIpc) is 2.67. The number of halogens is 2. The van der Waals surface area contributed by atoms with E-state index in [1.54, 1.807) is 24.3 Å². The van der Waals surface area contributed by atoms with Crippen LogP contribution in [0.2, 0.25) is 0 Å². The molecule has 0 amide bonds. The molecule has 168 valence electrons. The highest BCUT2D eigenvalue weighted by Gasteiger charge is 2.16. The number of hydrogen-bond acceptors (Lipinski definition) is 4. The van der Waals surface area contributed by atoms with Crippen LogP contribution < -0.4 is 4.74 Å². The maximum Gasteiger partial charge on any atom is 0.338 e.